The zero-order chi connectivity index (χ0) is 15.1. The number of rotatable bonds is 6. The Morgan fingerprint density at radius 3 is 2.70 bits per heavy atom. The molecule has 0 spiro atoms. The van der Waals surface area contributed by atoms with Gasteiger partial charge in [-0.2, -0.15) is 0 Å². The van der Waals surface area contributed by atoms with Crippen molar-refractivity contribution >= 4 is 34.2 Å². The lowest BCUT2D eigenvalue weighted by Crippen LogP contribution is -2.40. The number of nitrogens with one attached hydrogen (secondary N) is 2. The van der Waals surface area contributed by atoms with Crippen molar-refractivity contribution in [1.29, 1.82) is 0 Å². The predicted molar refractivity (Wildman–Crippen MR) is 76.2 cm³/mol. The number of urea groups is 1. The maximum atomic E-state index is 11.8. The summed E-state index contributed by atoms with van der Waals surface area (Å²) in [6.07, 6.45) is 0.818. The molecule has 0 saturated carbocycles. The van der Waals surface area contributed by atoms with Gasteiger partial charge in [0.05, 0.1) is 5.56 Å². The molecular formula is C12H17N3O4S. The number of carboxylic acid groups (broad SMARTS) is 1. The molecule has 7 nitrogen and oxygen atoms in total. The van der Waals surface area contributed by atoms with Gasteiger partial charge in [0, 0.05) is 13.6 Å². The Kier molecular flexibility index (Phi) is 5.98. The molecule has 0 saturated heterocycles. The third kappa shape index (κ3) is 4.54. The van der Waals surface area contributed by atoms with Crippen LogP contribution in [0.25, 0.3) is 0 Å². The van der Waals surface area contributed by atoms with Gasteiger partial charge in [-0.1, -0.05) is 6.92 Å². The lowest BCUT2D eigenvalue weighted by atomic mass is 10.3. The Hall–Kier alpha value is -2.09. The summed E-state index contributed by atoms with van der Waals surface area (Å²) in [5, 5.41) is 15.9. The first kappa shape index (κ1) is 16.0. The summed E-state index contributed by atoms with van der Waals surface area (Å²) >= 11 is 1.12. The van der Waals surface area contributed by atoms with Crippen molar-refractivity contribution in [3.63, 3.8) is 0 Å². The minimum Gasteiger partial charge on any atom is -0.478 e. The van der Waals surface area contributed by atoms with E-state index in [2.05, 4.69) is 10.6 Å². The summed E-state index contributed by atoms with van der Waals surface area (Å²) in [6.45, 7) is 2.41. The lowest BCUT2D eigenvalue weighted by molar-refractivity contribution is -0.121. The maximum absolute atomic E-state index is 11.8. The highest BCUT2D eigenvalue weighted by Gasteiger charge is 2.17. The quantitative estimate of drug-likeness (QED) is 0.740. The average molecular weight is 299 g/mol. The van der Waals surface area contributed by atoms with Crippen LogP contribution in [-0.2, 0) is 4.79 Å². The van der Waals surface area contributed by atoms with Crippen molar-refractivity contribution in [2.75, 3.05) is 25.5 Å². The normalized spacial score (nSPS) is 9.90. The second-order valence-corrected chi connectivity index (χ2v) is 5.02. The molecule has 1 heterocycles. The number of hydrogen-bond acceptors (Lipinski definition) is 4. The van der Waals surface area contributed by atoms with Crippen LogP contribution in [0.2, 0.25) is 0 Å². The van der Waals surface area contributed by atoms with Crippen molar-refractivity contribution in [3.8, 4) is 0 Å². The number of carbonyl (C=O) groups excluding carboxylic acids is 2. The molecule has 0 bridgehead atoms. The number of carbonyl (C=O) groups is 3. The van der Waals surface area contributed by atoms with E-state index in [-0.39, 0.29) is 23.0 Å². The number of carboxylic acids is 1. The number of hydrogen-bond donors (Lipinski definition) is 3. The van der Waals surface area contributed by atoms with Crippen molar-refractivity contribution in [1.82, 2.24) is 10.2 Å². The van der Waals surface area contributed by atoms with E-state index in [1.54, 1.807) is 5.38 Å². The van der Waals surface area contributed by atoms with E-state index >= 15 is 0 Å². The first-order chi connectivity index (χ1) is 9.45. The number of aromatic carboxylic acids is 1. The average Bonchev–Trinajstić information content (AvgIpc) is 2.84. The molecule has 110 valence electrons. The summed E-state index contributed by atoms with van der Waals surface area (Å²) in [6, 6.07) is 0.887. The van der Waals surface area contributed by atoms with Gasteiger partial charge < -0.3 is 15.3 Å². The van der Waals surface area contributed by atoms with Gasteiger partial charge >= 0.3 is 12.0 Å². The molecule has 0 unspecified atom stereocenters. The van der Waals surface area contributed by atoms with Crippen molar-refractivity contribution in [3.05, 3.63) is 17.0 Å². The molecular weight excluding hydrogens is 282 g/mol. The molecule has 0 radical (unpaired) electrons. The standard InChI is InChI=1S/C12H17N3O4S/c1-3-5-13-9(16)7-15(2)12(19)14-10-8(11(17)18)4-6-20-10/h4,6H,3,5,7H2,1-2H3,(H,13,16)(H,14,19)(H,17,18). The van der Waals surface area contributed by atoms with Crippen LogP contribution < -0.4 is 10.6 Å². The Morgan fingerprint density at radius 2 is 2.10 bits per heavy atom. The summed E-state index contributed by atoms with van der Waals surface area (Å²) < 4.78 is 0. The van der Waals surface area contributed by atoms with Crippen LogP contribution >= 0.6 is 11.3 Å². The van der Waals surface area contributed by atoms with E-state index in [1.165, 1.54) is 18.0 Å². The third-order valence-electron chi connectivity index (χ3n) is 2.42. The van der Waals surface area contributed by atoms with Gasteiger partial charge in [-0.25, -0.2) is 9.59 Å². The van der Waals surface area contributed by atoms with Crippen LogP contribution in [0.1, 0.15) is 23.7 Å². The zero-order valence-electron chi connectivity index (χ0n) is 11.3. The summed E-state index contributed by atoms with van der Waals surface area (Å²) in [5.74, 6) is -1.36. The molecule has 1 rings (SSSR count). The summed E-state index contributed by atoms with van der Waals surface area (Å²) in [7, 11) is 1.47. The van der Waals surface area contributed by atoms with E-state index in [1.807, 2.05) is 6.92 Å². The fourth-order valence-electron chi connectivity index (χ4n) is 1.37. The van der Waals surface area contributed by atoms with Gasteiger partial charge in [0.25, 0.3) is 0 Å². The van der Waals surface area contributed by atoms with Crippen LogP contribution in [0, 0.1) is 0 Å². The monoisotopic (exact) mass is 299 g/mol. The highest BCUT2D eigenvalue weighted by atomic mass is 32.1. The molecule has 0 fully saturated rings. The van der Waals surface area contributed by atoms with E-state index in [9.17, 15) is 14.4 Å². The van der Waals surface area contributed by atoms with E-state index < -0.39 is 12.0 Å². The number of thiophene rings is 1. The van der Waals surface area contributed by atoms with Crippen molar-refractivity contribution in [2.24, 2.45) is 0 Å². The predicted octanol–water partition coefficient (Wildman–Crippen LogP) is 1.44. The Bertz CT molecular complexity index is 501. The van der Waals surface area contributed by atoms with Crippen LogP contribution in [0.15, 0.2) is 11.4 Å². The van der Waals surface area contributed by atoms with Gasteiger partial charge in [0.15, 0.2) is 0 Å². The highest BCUT2D eigenvalue weighted by Crippen LogP contribution is 2.23. The molecule has 8 heteroatoms. The molecule has 0 aliphatic heterocycles. The first-order valence-electron chi connectivity index (χ1n) is 6.05. The Labute approximate surface area is 120 Å². The minimum atomic E-state index is -1.11. The van der Waals surface area contributed by atoms with E-state index in [0.717, 1.165) is 17.8 Å². The molecule has 3 N–H and O–H groups in total. The number of nitrogens with zero attached hydrogens (tertiary/aromatic N) is 1. The topological polar surface area (TPSA) is 98.7 Å². The molecule has 20 heavy (non-hydrogen) atoms. The molecule has 0 atom stereocenters. The molecule has 1 aromatic heterocycles. The number of anilines is 1. The van der Waals surface area contributed by atoms with E-state index in [0.29, 0.717) is 6.54 Å². The summed E-state index contributed by atoms with van der Waals surface area (Å²) in [4.78, 5) is 35.4. The van der Waals surface area contributed by atoms with Crippen molar-refractivity contribution < 1.29 is 19.5 Å². The summed E-state index contributed by atoms with van der Waals surface area (Å²) in [5.41, 5.74) is 0.0344. The molecule has 1 aromatic rings. The van der Waals surface area contributed by atoms with Gasteiger partial charge in [-0.05, 0) is 17.9 Å². The van der Waals surface area contributed by atoms with Crippen LogP contribution in [0.4, 0.5) is 9.80 Å². The second-order valence-electron chi connectivity index (χ2n) is 4.10. The lowest BCUT2D eigenvalue weighted by Gasteiger charge is -2.17. The zero-order valence-corrected chi connectivity index (χ0v) is 12.1. The van der Waals surface area contributed by atoms with Gasteiger partial charge in [0.1, 0.15) is 11.5 Å². The second kappa shape index (κ2) is 7.49. The van der Waals surface area contributed by atoms with Crippen molar-refractivity contribution in [2.45, 2.75) is 13.3 Å². The fraction of sp³-hybridized carbons (Fsp3) is 0.417. The molecule has 0 aliphatic carbocycles. The van der Waals surface area contributed by atoms with Gasteiger partial charge in [-0.15, -0.1) is 11.3 Å². The largest absolute Gasteiger partial charge is 0.478 e. The third-order valence-corrected chi connectivity index (χ3v) is 3.25. The number of likely N-dealkylation sites (N-methyl/N-ethyl adjacent to an activating group) is 1. The Balaban J connectivity index is 2.55. The van der Waals surface area contributed by atoms with Crippen LogP contribution in [0.3, 0.4) is 0 Å². The highest BCUT2D eigenvalue weighted by molar-refractivity contribution is 7.14. The van der Waals surface area contributed by atoms with Gasteiger partial charge in [-0.3, -0.25) is 10.1 Å². The minimum absolute atomic E-state index is 0.0344. The SMILES string of the molecule is CCCNC(=O)CN(C)C(=O)Nc1sccc1C(=O)O. The number of amides is 3. The Morgan fingerprint density at radius 1 is 1.40 bits per heavy atom. The van der Waals surface area contributed by atoms with Gasteiger partial charge in [0.2, 0.25) is 5.91 Å². The van der Waals surface area contributed by atoms with Crippen LogP contribution in [-0.4, -0.2) is 48.1 Å². The fourth-order valence-corrected chi connectivity index (χ4v) is 2.14. The molecule has 3 amide bonds. The molecule has 0 aliphatic rings. The smallest absolute Gasteiger partial charge is 0.338 e. The first-order valence-corrected chi connectivity index (χ1v) is 6.93. The van der Waals surface area contributed by atoms with E-state index in [4.69, 9.17) is 5.11 Å². The maximum Gasteiger partial charge on any atom is 0.338 e. The molecule has 0 aromatic carbocycles. The van der Waals surface area contributed by atoms with Crippen LogP contribution in [0.5, 0.6) is 0 Å².